The van der Waals surface area contributed by atoms with Crippen molar-refractivity contribution in [2.24, 2.45) is 29.6 Å². The maximum absolute atomic E-state index is 11.0. The van der Waals surface area contributed by atoms with E-state index >= 15 is 0 Å². The number of carbonyl (C=O) groups is 1. The van der Waals surface area contributed by atoms with Crippen molar-refractivity contribution in [3.05, 3.63) is 23.3 Å². The van der Waals surface area contributed by atoms with Crippen molar-refractivity contribution in [1.82, 2.24) is 0 Å². The summed E-state index contributed by atoms with van der Waals surface area (Å²) in [7, 11) is 0. The highest BCUT2D eigenvalue weighted by Gasteiger charge is 2.64. The summed E-state index contributed by atoms with van der Waals surface area (Å²) in [5.41, 5.74) is 2.33. The summed E-state index contributed by atoms with van der Waals surface area (Å²) in [5.74, 6) is 1.36. The predicted molar refractivity (Wildman–Crippen MR) is 116 cm³/mol. The van der Waals surface area contributed by atoms with E-state index in [1.807, 2.05) is 26.0 Å². The highest BCUT2D eigenvalue weighted by molar-refractivity contribution is 5.79. The van der Waals surface area contributed by atoms with Crippen LogP contribution >= 0.6 is 0 Å². The highest BCUT2D eigenvalue weighted by atomic mass is 16.6. The first kappa shape index (κ1) is 25.2. The molecule has 1 saturated heterocycles. The summed E-state index contributed by atoms with van der Waals surface area (Å²) >= 11 is 0. The van der Waals surface area contributed by atoms with E-state index in [2.05, 4.69) is 13.8 Å². The number of rotatable bonds is 4. The van der Waals surface area contributed by atoms with Gasteiger partial charge in [-0.25, -0.2) is 0 Å². The molecule has 3 aliphatic carbocycles. The van der Waals surface area contributed by atoms with Gasteiger partial charge in [-0.1, -0.05) is 30.2 Å². The van der Waals surface area contributed by atoms with Crippen molar-refractivity contribution in [2.45, 2.75) is 71.7 Å². The molecule has 2 fully saturated rings. The Morgan fingerprint density at radius 3 is 1.93 bits per heavy atom. The molecule has 4 N–H and O–H groups in total. The summed E-state index contributed by atoms with van der Waals surface area (Å²) in [6.45, 7) is 10.3. The fraction of sp³-hybridized carbons (Fsp3) is 0.792. The second kappa shape index (κ2) is 10.5. The Bertz CT molecular complexity index is 656. The molecule has 6 nitrogen and oxygen atoms in total. The van der Waals surface area contributed by atoms with Gasteiger partial charge in [-0.15, -0.1) is 0 Å². The molecule has 172 valence electrons. The lowest BCUT2D eigenvalue weighted by Crippen LogP contribution is -2.25. The van der Waals surface area contributed by atoms with Crippen LogP contribution in [0.15, 0.2) is 23.3 Å². The lowest BCUT2D eigenvalue weighted by Gasteiger charge is -2.19. The van der Waals surface area contributed by atoms with Crippen molar-refractivity contribution in [3.8, 4) is 0 Å². The lowest BCUT2D eigenvalue weighted by atomic mass is 9.90. The minimum Gasteiger partial charge on any atom is -0.396 e. The van der Waals surface area contributed by atoms with Crippen LogP contribution in [0.5, 0.6) is 0 Å². The topological polar surface area (TPSA) is 111 Å². The van der Waals surface area contributed by atoms with Gasteiger partial charge in [0.15, 0.2) is 0 Å². The number of hydrogen-bond acceptors (Lipinski definition) is 6. The second-order valence-electron chi connectivity index (χ2n) is 9.52. The third-order valence-corrected chi connectivity index (χ3v) is 7.59. The molecule has 0 aromatic heterocycles. The molecule has 4 aliphatic rings. The van der Waals surface area contributed by atoms with E-state index in [9.17, 15) is 4.79 Å². The van der Waals surface area contributed by atoms with E-state index in [4.69, 9.17) is 25.2 Å². The molecule has 1 heterocycles. The summed E-state index contributed by atoms with van der Waals surface area (Å²) in [6, 6.07) is 0. The van der Waals surface area contributed by atoms with Gasteiger partial charge in [-0.3, -0.25) is 4.79 Å². The van der Waals surface area contributed by atoms with E-state index in [-0.39, 0.29) is 55.1 Å². The number of ketones is 1. The molecule has 0 unspecified atom stereocenters. The van der Waals surface area contributed by atoms with Crippen LogP contribution < -0.4 is 0 Å². The maximum Gasteiger partial charge on any atom is 0.133 e. The maximum atomic E-state index is 11.0. The molecule has 0 radical (unpaired) electrons. The molecule has 4 rings (SSSR count). The van der Waals surface area contributed by atoms with Gasteiger partial charge in [0.1, 0.15) is 5.78 Å². The molecule has 30 heavy (non-hydrogen) atoms. The SMILES string of the molecule is CC(=O)[C@H]1CC=C(C)[C@@H]1CO.CC1=CC[C@H](O)[C@H]1CO.C[C@H]1C[C@H]2O[C@@]2(C)[C@@H]1CO. The minimum atomic E-state index is -0.338. The van der Waals surface area contributed by atoms with Gasteiger partial charge in [0, 0.05) is 30.3 Å². The Labute approximate surface area is 180 Å². The number of carbonyl (C=O) groups excluding carboxylic acids is 1. The van der Waals surface area contributed by atoms with Crippen LogP contribution in [-0.2, 0) is 9.53 Å². The standard InChI is InChI=1S/C9H14O2.C8H14O2.C7H12O2/c1-6-3-4-8(7(2)11)9(6)5-10;1-5-3-7-8(2,10-7)6(5)4-9;1-5-2-3-7(9)6(5)4-8/h3,8-10H,4-5H2,1-2H3;5-7,9H,3-4H2,1-2H3;2,6-9H,3-4H2,1H3/t8-,9+;5-,6+,7+,8-;6-,7-/m100/s1. The van der Waals surface area contributed by atoms with Crippen LogP contribution in [-0.4, -0.2) is 63.8 Å². The molecule has 1 aliphatic heterocycles. The number of aliphatic hydroxyl groups excluding tert-OH is 4. The molecule has 1 saturated carbocycles. The van der Waals surface area contributed by atoms with Crippen LogP contribution in [0.25, 0.3) is 0 Å². The highest BCUT2D eigenvalue weighted by Crippen LogP contribution is 2.55. The number of hydrogen-bond donors (Lipinski definition) is 4. The molecule has 0 amide bonds. The Morgan fingerprint density at radius 2 is 1.63 bits per heavy atom. The van der Waals surface area contributed by atoms with Crippen molar-refractivity contribution in [2.75, 3.05) is 19.8 Å². The van der Waals surface area contributed by atoms with Gasteiger partial charge < -0.3 is 25.2 Å². The molecule has 0 aromatic rings. The molecule has 0 aromatic carbocycles. The van der Waals surface area contributed by atoms with E-state index in [1.54, 1.807) is 6.92 Å². The zero-order valence-corrected chi connectivity index (χ0v) is 19.0. The number of aliphatic hydroxyl groups is 4. The van der Waals surface area contributed by atoms with Crippen LogP contribution in [0.3, 0.4) is 0 Å². The third kappa shape index (κ3) is 5.40. The van der Waals surface area contributed by atoms with Crippen molar-refractivity contribution in [3.63, 3.8) is 0 Å². The summed E-state index contributed by atoms with van der Waals surface area (Å²) < 4.78 is 5.45. The van der Waals surface area contributed by atoms with Crippen LogP contribution in [0.1, 0.15) is 53.9 Å². The number of fused-ring (bicyclic) bond motifs is 1. The van der Waals surface area contributed by atoms with Gasteiger partial charge in [-0.2, -0.15) is 0 Å². The zero-order valence-electron chi connectivity index (χ0n) is 19.0. The average Bonchev–Trinajstić information content (AvgIpc) is 2.95. The van der Waals surface area contributed by atoms with Crippen molar-refractivity contribution < 1.29 is 30.0 Å². The number of epoxide rings is 1. The molecule has 6 heteroatoms. The Balaban J connectivity index is 0.000000161. The first-order chi connectivity index (χ1) is 14.1. The average molecular weight is 425 g/mol. The first-order valence-electron chi connectivity index (χ1n) is 11.1. The Morgan fingerprint density at radius 1 is 1.07 bits per heavy atom. The molecular formula is C24H40O6. The van der Waals surface area contributed by atoms with Crippen LogP contribution in [0.4, 0.5) is 0 Å². The van der Waals surface area contributed by atoms with E-state index < -0.39 is 0 Å². The number of Topliss-reactive ketones (excluding diaryl/α,β-unsaturated/α-hetero) is 1. The largest absolute Gasteiger partial charge is 0.396 e. The Kier molecular flexibility index (Phi) is 8.83. The molecule has 0 spiro atoms. The van der Waals surface area contributed by atoms with Crippen molar-refractivity contribution >= 4 is 5.78 Å². The quantitative estimate of drug-likeness (QED) is 0.407. The third-order valence-electron chi connectivity index (χ3n) is 7.59. The van der Waals surface area contributed by atoms with Gasteiger partial charge in [-0.05, 0) is 52.9 Å². The van der Waals surface area contributed by atoms with Gasteiger partial charge in [0.25, 0.3) is 0 Å². The first-order valence-corrected chi connectivity index (χ1v) is 11.1. The summed E-state index contributed by atoms with van der Waals surface area (Å²) in [4.78, 5) is 11.0. The minimum absolute atomic E-state index is 0.00463. The second-order valence-corrected chi connectivity index (χ2v) is 9.52. The van der Waals surface area contributed by atoms with E-state index in [0.29, 0.717) is 24.4 Å². The zero-order chi connectivity index (χ0) is 22.6. The molecule has 8 atom stereocenters. The van der Waals surface area contributed by atoms with E-state index in [1.165, 1.54) is 0 Å². The van der Waals surface area contributed by atoms with Gasteiger partial charge >= 0.3 is 0 Å². The van der Waals surface area contributed by atoms with Crippen LogP contribution in [0.2, 0.25) is 0 Å². The fourth-order valence-corrected chi connectivity index (χ4v) is 5.17. The smallest absolute Gasteiger partial charge is 0.133 e. The van der Waals surface area contributed by atoms with E-state index in [0.717, 1.165) is 24.0 Å². The molecule has 0 bridgehead atoms. The van der Waals surface area contributed by atoms with Crippen molar-refractivity contribution in [1.29, 1.82) is 0 Å². The Hall–Kier alpha value is -1.05. The summed E-state index contributed by atoms with van der Waals surface area (Å²) in [6.07, 6.45) is 6.80. The van der Waals surface area contributed by atoms with Crippen LogP contribution in [0, 0.1) is 29.6 Å². The molecular weight excluding hydrogens is 384 g/mol. The van der Waals surface area contributed by atoms with Gasteiger partial charge in [0.05, 0.1) is 31.0 Å². The number of allylic oxidation sites excluding steroid dienone is 1. The van der Waals surface area contributed by atoms with Gasteiger partial charge in [0.2, 0.25) is 0 Å². The number of ether oxygens (including phenoxy) is 1. The normalized spacial score (nSPS) is 41.0. The summed E-state index contributed by atoms with van der Waals surface area (Å²) in [5, 5.41) is 35.8. The monoisotopic (exact) mass is 424 g/mol. The fourth-order valence-electron chi connectivity index (χ4n) is 5.17. The lowest BCUT2D eigenvalue weighted by molar-refractivity contribution is -0.122. The predicted octanol–water partition coefficient (Wildman–Crippen LogP) is 2.25.